The average molecular weight is 207 g/mol. The van der Waals surface area contributed by atoms with Gasteiger partial charge in [0.25, 0.3) is 0 Å². The number of thiazole rings is 1. The van der Waals surface area contributed by atoms with Gasteiger partial charge in [-0.2, -0.15) is 0 Å². The Morgan fingerprint density at radius 1 is 1.36 bits per heavy atom. The van der Waals surface area contributed by atoms with Crippen molar-refractivity contribution >= 4 is 27.8 Å². The number of fused-ring (bicyclic) bond motifs is 1. The van der Waals surface area contributed by atoms with Gasteiger partial charge in [-0.3, -0.25) is 4.79 Å². The zero-order valence-corrected chi connectivity index (χ0v) is 9.39. The van der Waals surface area contributed by atoms with E-state index in [0.29, 0.717) is 5.56 Å². The van der Waals surface area contributed by atoms with Crippen LogP contribution in [0.3, 0.4) is 0 Å². The van der Waals surface area contributed by atoms with E-state index in [1.54, 1.807) is 17.4 Å². The van der Waals surface area contributed by atoms with Crippen LogP contribution in [0.1, 0.15) is 29.2 Å². The maximum absolute atomic E-state index is 10.4. The highest BCUT2D eigenvalue weighted by molar-refractivity contribution is 7.18. The Hall–Kier alpha value is -1.22. The van der Waals surface area contributed by atoms with Gasteiger partial charge in [0.1, 0.15) is 6.29 Å². The van der Waals surface area contributed by atoms with Crippen LogP contribution in [0.2, 0.25) is 0 Å². The molecule has 74 valence electrons. The Labute approximate surface area is 87.6 Å². The van der Waals surface area contributed by atoms with E-state index in [9.17, 15) is 4.79 Å². The summed E-state index contributed by atoms with van der Waals surface area (Å²) in [7, 11) is 0. The van der Waals surface area contributed by atoms with Crippen molar-refractivity contribution in [2.75, 3.05) is 0 Å². The first-order chi connectivity index (χ1) is 6.79. The molecule has 0 saturated heterocycles. The second-order valence-electron chi connectivity index (χ2n) is 2.58. The molecule has 0 aliphatic rings. The van der Waals surface area contributed by atoms with Crippen LogP contribution in [0, 0.1) is 6.92 Å². The molecule has 1 heterocycles. The summed E-state index contributed by atoms with van der Waals surface area (Å²) in [5.74, 6) is 0. The topological polar surface area (TPSA) is 30.0 Å². The SMILES string of the molecule is CC.Cc1nc2ccc(C=O)cc2s1. The van der Waals surface area contributed by atoms with Crippen LogP contribution in [-0.4, -0.2) is 11.3 Å². The fourth-order valence-electron chi connectivity index (χ4n) is 1.13. The Bertz CT molecular complexity index is 434. The van der Waals surface area contributed by atoms with Crippen molar-refractivity contribution in [3.8, 4) is 0 Å². The van der Waals surface area contributed by atoms with Crippen LogP contribution < -0.4 is 0 Å². The summed E-state index contributed by atoms with van der Waals surface area (Å²) in [5.41, 5.74) is 1.69. The number of carbonyl (C=O) groups excluding carboxylic acids is 1. The summed E-state index contributed by atoms with van der Waals surface area (Å²) < 4.78 is 1.08. The molecule has 0 saturated carbocycles. The molecule has 0 bridgehead atoms. The smallest absolute Gasteiger partial charge is 0.150 e. The fourth-order valence-corrected chi connectivity index (χ4v) is 2.01. The molecular weight excluding hydrogens is 194 g/mol. The van der Waals surface area contributed by atoms with Gasteiger partial charge >= 0.3 is 0 Å². The highest BCUT2D eigenvalue weighted by Crippen LogP contribution is 2.21. The van der Waals surface area contributed by atoms with Crippen molar-refractivity contribution in [3.63, 3.8) is 0 Å². The summed E-state index contributed by atoms with van der Waals surface area (Å²) in [6, 6.07) is 5.53. The van der Waals surface area contributed by atoms with E-state index in [2.05, 4.69) is 4.98 Å². The Balaban J connectivity index is 0.000000461. The molecule has 3 heteroatoms. The van der Waals surface area contributed by atoms with Crippen LogP contribution in [0.5, 0.6) is 0 Å². The number of carbonyl (C=O) groups is 1. The van der Waals surface area contributed by atoms with Gasteiger partial charge in [-0.05, 0) is 25.1 Å². The largest absolute Gasteiger partial charge is 0.298 e. The molecule has 0 spiro atoms. The third-order valence-corrected chi connectivity index (χ3v) is 2.59. The minimum atomic E-state index is 0.714. The lowest BCUT2D eigenvalue weighted by molar-refractivity contribution is 0.112. The summed E-state index contributed by atoms with van der Waals surface area (Å²) in [6.07, 6.45) is 0.856. The molecule has 0 N–H and O–H groups in total. The standard InChI is InChI=1S/C9H7NOS.C2H6/c1-6-10-8-3-2-7(5-11)4-9(8)12-6;1-2/h2-5H,1H3;1-2H3. The molecule has 1 aromatic heterocycles. The second kappa shape index (κ2) is 4.86. The van der Waals surface area contributed by atoms with Crippen LogP contribution in [0.15, 0.2) is 18.2 Å². The summed E-state index contributed by atoms with van der Waals surface area (Å²) in [4.78, 5) is 14.7. The van der Waals surface area contributed by atoms with Gasteiger partial charge < -0.3 is 0 Å². The molecule has 2 aromatic rings. The van der Waals surface area contributed by atoms with Gasteiger partial charge in [0.05, 0.1) is 15.2 Å². The van der Waals surface area contributed by atoms with Crippen molar-refractivity contribution < 1.29 is 4.79 Å². The van der Waals surface area contributed by atoms with Crippen molar-refractivity contribution in [1.82, 2.24) is 4.98 Å². The molecule has 0 atom stereocenters. The van der Waals surface area contributed by atoms with E-state index in [1.165, 1.54) is 0 Å². The van der Waals surface area contributed by atoms with Crippen molar-refractivity contribution in [3.05, 3.63) is 28.8 Å². The summed E-state index contributed by atoms with van der Waals surface area (Å²) in [5, 5.41) is 1.04. The Morgan fingerprint density at radius 3 is 2.71 bits per heavy atom. The molecular formula is C11H13NOS. The van der Waals surface area contributed by atoms with Crippen molar-refractivity contribution in [1.29, 1.82) is 0 Å². The monoisotopic (exact) mass is 207 g/mol. The lowest BCUT2D eigenvalue weighted by Gasteiger charge is -1.87. The number of hydrogen-bond donors (Lipinski definition) is 0. The highest BCUT2D eigenvalue weighted by Gasteiger charge is 1.99. The van der Waals surface area contributed by atoms with Gasteiger partial charge in [0.2, 0.25) is 0 Å². The van der Waals surface area contributed by atoms with Gasteiger partial charge in [-0.25, -0.2) is 4.98 Å². The number of nitrogens with zero attached hydrogens (tertiary/aromatic N) is 1. The molecule has 0 fully saturated rings. The maximum Gasteiger partial charge on any atom is 0.150 e. The van der Waals surface area contributed by atoms with E-state index in [1.807, 2.05) is 32.9 Å². The van der Waals surface area contributed by atoms with Gasteiger partial charge in [0.15, 0.2) is 0 Å². The molecule has 0 amide bonds. The first-order valence-electron chi connectivity index (χ1n) is 4.62. The number of aldehydes is 1. The number of rotatable bonds is 1. The number of aromatic nitrogens is 1. The predicted molar refractivity (Wildman–Crippen MR) is 61.1 cm³/mol. The molecule has 1 aromatic carbocycles. The van der Waals surface area contributed by atoms with Gasteiger partial charge in [0, 0.05) is 5.56 Å². The molecule has 0 unspecified atom stereocenters. The zero-order chi connectivity index (χ0) is 10.6. The quantitative estimate of drug-likeness (QED) is 0.670. The van der Waals surface area contributed by atoms with Crippen LogP contribution >= 0.6 is 11.3 Å². The molecule has 14 heavy (non-hydrogen) atoms. The molecule has 0 aliphatic carbocycles. The van der Waals surface area contributed by atoms with Gasteiger partial charge in [-0.15, -0.1) is 11.3 Å². The van der Waals surface area contributed by atoms with E-state index < -0.39 is 0 Å². The fraction of sp³-hybridized carbons (Fsp3) is 0.273. The normalized spacial score (nSPS) is 9.36. The average Bonchev–Trinajstić information content (AvgIpc) is 2.59. The van der Waals surface area contributed by atoms with E-state index in [4.69, 9.17) is 0 Å². The molecule has 2 rings (SSSR count). The number of hydrogen-bond acceptors (Lipinski definition) is 3. The lowest BCUT2D eigenvalue weighted by Crippen LogP contribution is -1.76. The third-order valence-electron chi connectivity index (χ3n) is 1.66. The van der Waals surface area contributed by atoms with Crippen molar-refractivity contribution in [2.45, 2.75) is 20.8 Å². The first-order valence-corrected chi connectivity index (χ1v) is 5.43. The third kappa shape index (κ3) is 2.17. The van der Waals surface area contributed by atoms with Crippen LogP contribution in [0.4, 0.5) is 0 Å². The van der Waals surface area contributed by atoms with E-state index in [-0.39, 0.29) is 0 Å². The lowest BCUT2D eigenvalue weighted by atomic mass is 10.2. The second-order valence-corrected chi connectivity index (χ2v) is 3.81. The zero-order valence-electron chi connectivity index (χ0n) is 8.57. The summed E-state index contributed by atoms with van der Waals surface area (Å²) in [6.45, 7) is 5.96. The minimum absolute atomic E-state index is 0.714. The molecule has 0 radical (unpaired) electrons. The summed E-state index contributed by atoms with van der Waals surface area (Å²) >= 11 is 1.61. The van der Waals surface area contributed by atoms with E-state index in [0.717, 1.165) is 21.5 Å². The Morgan fingerprint density at radius 2 is 2.07 bits per heavy atom. The van der Waals surface area contributed by atoms with E-state index >= 15 is 0 Å². The molecule has 0 aliphatic heterocycles. The minimum Gasteiger partial charge on any atom is -0.298 e. The predicted octanol–water partition coefficient (Wildman–Crippen LogP) is 3.44. The number of aryl methyl sites for hydroxylation is 1. The maximum atomic E-state index is 10.4. The van der Waals surface area contributed by atoms with Crippen LogP contribution in [0.25, 0.3) is 10.2 Å². The van der Waals surface area contributed by atoms with Gasteiger partial charge in [-0.1, -0.05) is 13.8 Å². The van der Waals surface area contributed by atoms with Crippen LogP contribution in [-0.2, 0) is 0 Å². The Kier molecular flexibility index (Phi) is 3.77. The molecule has 2 nitrogen and oxygen atoms in total. The number of benzene rings is 1. The highest BCUT2D eigenvalue weighted by atomic mass is 32.1. The van der Waals surface area contributed by atoms with Crippen molar-refractivity contribution in [2.24, 2.45) is 0 Å². The first kappa shape index (κ1) is 10.9.